The van der Waals surface area contributed by atoms with Crippen molar-refractivity contribution in [3.05, 3.63) is 34.4 Å². The number of hydrogen-bond donors (Lipinski definition) is 2. The van der Waals surface area contributed by atoms with Crippen molar-refractivity contribution in [3.8, 4) is 0 Å². The van der Waals surface area contributed by atoms with E-state index < -0.39 is 4.92 Å². The molecule has 2 N–H and O–H groups in total. The summed E-state index contributed by atoms with van der Waals surface area (Å²) in [6.45, 7) is 0.805. The molecule has 2 unspecified atom stereocenters. The van der Waals surface area contributed by atoms with Gasteiger partial charge in [0.25, 0.3) is 5.69 Å². The first-order valence-electron chi connectivity index (χ1n) is 8.85. The number of carbonyl (C=O) groups excluding carboxylic acids is 2. The van der Waals surface area contributed by atoms with Crippen molar-refractivity contribution in [2.24, 2.45) is 17.8 Å². The maximum Gasteiger partial charge on any atom is 0.292 e. The molecule has 2 bridgehead atoms. The van der Waals surface area contributed by atoms with Gasteiger partial charge in [0.05, 0.1) is 4.92 Å². The SMILES string of the molecule is O=C(NCCNc1ccccc1[N+](=O)[O-])C1CC2CCCC(C1)C2=O. The number of anilines is 1. The second kappa shape index (κ2) is 7.63. The quantitative estimate of drug-likeness (QED) is 0.469. The molecule has 0 radical (unpaired) electrons. The molecule has 7 nitrogen and oxygen atoms in total. The normalized spacial score (nSPS) is 25.3. The number of rotatable bonds is 6. The minimum absolute atomic E-state index is 0.00578. The van der Waals surface area contributed by atoms with Gasteiger partial charge in [-0.3, -0.25) is 19.7 Å². The predicted molar refractivity (Wildman–Crippen MR) is 93.2 cm³/mol. The molecule has 3 rings (SSSR count). The Bertz CT molecular complexity index is 660. The van der Waals surface area contributed by atoms with Crippen LogP contribution in [0.3, 0.4) is 0 Å². The molecule has 2 atom stereocenters. The van der Waals surface area contributed by atoms with E-state index >= 15 is 0 Å². The van der Waals surface area contributed by atoms with Gasteiger partial charge in [0.2, 0.25) is 5.91 Å². The highest BCUT2D eigenvalue weighted by Crippen LogP contribution is 2.40. The molecule has 0 saturated heterocycles. The van der Waals surface area contributed by atoms with Gasteiger partial charge in [-0.25, -0.2) is 0 Å². The number of carbonyl (C=O) groups is 2. The van der Waals surface area contributed by atoms with Crippen LogP contribution in [0.2, 0.25) is 0 Å². The Labute approximate surface area is 146 Å². The number of benzene rings is 1. The minimum atomic E-state index is -0.432. The third kappa shape index (κ3) is 3.97. The lowest BCUT2D eigenvalue weighted by molar-refractivity contribution is -0.384. The second-order valence-corrected chi connectivity index (χ2v) is 6.89. The van der Waals surface area contributed by atoms with E-state index in [1.165, 1.54) is 6.07 Å². The van der Waals surface area contributed by atoms with E-state index in [2.05, 4.69) is 10.6 Å². The molecule has 2 aliphatic rings. The predicted octanol–water partition coefficient (Wildman–Crippen LogP) is 2.52. The number of nitro benzene ring substituents is 1. The van der Waals surface area contributed by atoms with Crippen LogP contribution >= 0.6 is 0 Å². The van der Waals surface area contributed by atoms with E-state index in [1.807, 2.05) is 0 Å². The highest BCUT2D eigenvalue weighted by Gasteiger charge is 2.41. The van der Waals surface area contributed by atoms with Crippen LogP contribution in [0, 0.1) is 27.9 Å². The summed E-state index contributed by atoms with van der Waals surface area (Å²) in [6, 6.07) is 6.44. The van der Waals surface area contributed by atoms with E-state index in [0.29, 0.717) is 37.4 Å². The van der Waals surface area contributed by atoms with Crippen LogP contribution in [0.25, 0.3) is 0 Å². The summed E-state index contributed by atoms with van der Waals surface area (Å²) in [6.07, 6.45) is 4.25. The van der Waals surface area contributed by atoms with Crippen LogP contribution in [0.5, 0.6) is 0 Å². The average molecular weight is 345 g/mol. The van der Waals surface area contributed by atoms with Crippen LogP contribution in [-0.4, -0.2) is 29.7 Å². The van der Waals surface area contributed by atoms with Gasteiger partial charge >= 0.3 is 0 Å². The number of amides is 1. The van der Waals surface area contributed by atoms with Crippen LogP contribution in [0.4, 0.5) is 11.4 Å². The summed E-state index contributed by atoms with van der Waals surface area (Å²) < 4.78 is 0. The molecule has 0 aliphatic heterocycles. The van der Waals surface area contributed by atoms with E-state index in [1.54, 1.807) is 18.2 Å². The van der Waals surface area contributed by atoms with E-state index in [0.717, 1.165) is 19.3 Å². The molecule has 0 heterocycles. The van der Waals surface area contributed by atoms with E-state index in [-0.39, 0.29) is 29.3 Å². The summed E-state index contributed by atoms with van der Waals surface area (Å²) in [5, 5.41) is 16.8. The molecule has 2 saturated carbocycles. The van der Waals surface area contributed by atoms with Gasteiger partial charge in [-0.05, 0) is 31.7 Å². The Hall–Kier alpha value is -2.44. The summed E-state index contributed by atoms with van der Waals surface area (Å²) in [4.78, 5) is 35.0. The van der Waals surface area contributed by atoms with Crippen molar-refractivity contribution >= 4 is 23.1 Å². The zero-order valence-electron chi connectivity index (χ0n) is 14.1. The van der Waals surface area contributed by atoms with Crippen molar-refractivity contribution in [1.82, 2.24) is 5.32 Å². The maximum absolute atomic E-state index is 12.4. The lowest BCUT2D eigenvalue weighted by Crippen LogP contribution is -2.43. The molecular formula is C18H23N3O4. The summed E-state index contributed by atoms with van der Waals surface area (Å²) >= 11 is 0. The van der Waals surface area contributed by atoms with Gasteiger partial charge in [-0.2, -0.15) is 0 Å². The van der Waals surface area contributed by atoms with Crippen molar-refractivity contribution in [2.75, 3.05) is 18.4 Å². The fourth-order valence-corrected chi connectivity index (χ4v) is 4.00. The molecule has 134 valence electrons. The highest BCUT2D eigenvalue weighted by molar-refractivity contribution is 5.88. The summed E-state index contributed by atoms with van der Waals surface area (Å²) in [5.41, 5.74) is 0.465. The number of hydrogen-bond acceptors (Lipinski definition) is 5. The van der Waals surface area contributed by atoms with Crippen molar-refractivity contribution in [2.45, 2.75) is 32.1 Å². The lowest BCUT2D eigenvalue weighted by atomic mass is 9.67. The van der Waals surface area contributed by atoms with Crippen LogP contribution in [0.15, 0.2) is 24.3 Å². The first kappa shape index (κ1) is 17.4. The Balaban J connectivity index is 1.46. The molecule has 7 heteroatoms. The zero-order valence-corrected chi connectivity index (χ0v) is 14.1. The van der Waals surface area contributed by atoms with Gasteiger partial charge < -0.3 is 10.6 Å². The number of Topliss-reactive ketones (excluding diaryl/α,β-unsaturated/α-hetero) is 1. The molecule has 1 aromatic rings. The van der Waals surface area contributed by atoms with Gasteiger partial charge in [0, 0.05) is 36.9 Å². The van der Waals surface area contributed by atoms with Crippen molar-refractivity contribution < 1.29 is 14.5 Å². The smallest absolute Gasteiger partial charge is 0.292 e. The molecule has 0 aromatic heterocycles. The monoisotopic (exact) mass is 345 g/mol. The zero-order chi connectivity index (χ0) is 17.8. The van der Waals surface area contributed by atoms with Gasteiger partial charge in [0.15, 0.2) is 0 Å². The van der Waals surface area contributed by atoms with E-state index in [9.17, 15) is 19.7 Å². The van der Waals surface area contributed by atoms with Gasteiger partial charge in [-0.1, -0.05) is 18.6 Å². The fraction of sp³-hybridized carbons (Fsp3) is 0.556. The van der Waals surface area contributed by atoms with Gasteiger partial charge in [-0.15, -0.1) is 0 Å². The number of nitrogens with one attached hydrogen (secondary N) is 2. The minimum Gasteiger partial charge on any atom is -0.378 e. The topological polar surface area (TPSA) is 101 Å². The van der Waals surface area contributed by atoms with Crippen LogP contribution < -0.4 is 10.6 Å². The van der Waals surface area contributed by atoms with Crippen LogP contribution in [-0.2, 0) is 9.59 Å². The maximum atomic E-state index is 12.4. The standard InChI is InChI=1S/C18H23N3O4/c22-17-12-4-3-5-13(17)11-14(10-12)18(23)20-9-8-19-15-6-1-2-7-16(15)21(24)25/h1-2,6-7,12-14,19H,3-5,8-11H2,(H,20,23). The lowest BCUT2D eigenvalue weighted by Gasteiger charge is -2.36. The Kier molecular flexibility index (Phi) is 5.31. The Morgan fingerprint density at radius 3 is 2.52 bits per heavy atom. The molecule has 1 amide bonds. The second-order valence-electron chi connectivity index (χ2n) is 6.89. The third-order valence-corrected chi connectivity index (χ3v) is 5.26. The third-order valence-electron chi connectivity index (χ3n) is 5.26. The first-order chi connectivity index (χ1) is 12.1. The molecular weight excluding hydrogens is 322 g/mol. The van der Waals surface area contributed by atoms with Gasteiger partial charge in [0.1, 0.15) is 11.5 Å². The molecule has 1 aromatic carbocycles. The van der Waals surface area contributed by atoms with Crippen molar-refractivity contribution in [3.63, 3.8) is 0 Å². The number of nitrogens with zero attached hydrogens (tertiary/aromatic N) is 1. The number of fused-ring (bicyclic) bond motifs is 2. The Morgan fingerprint density at radius 2 is 1.84 bits per heavy atom. The summed E-state index contributed by atoms with van der Waals surface area (Å²) in [7, 11) is 0. The highest BCUT2D eigenvalue weighted by atomic mass is 16.6. The molecule has 2 fully saturated rings. The number of para-hydroxylation sites is 2. The molecule has 2 aliphatic carbocycles. The Morgan fingerprint density at radius 1 is 1.16 bits per heavy atom. The van der Waals surface area contributed by atoms with Crippen molar-refractivity contribution in [1.29, 1.82) is 0 Å². The van der Waals surface area contributed by atoms with E-state index in [4.69, 9.17) is 0 Å². The molecule has 25 heavy (non-hydrogen) atoms. The fourth-order valence-electron chi connectivity index (χ4n) is 4.00. The number of nitro groups is 1. The largest absolute Gasteiger partial charge is 0.378 e. The molecule has 0 spiro atoms. The first-order valence-corrected chi connectivity index (χ1v) is 8.85. The number of ketones is 1. The average Bonchev–Trinajstić information content (AvgIpc) is 2.58. The summed E-state index contributed by atoms with van der Waals surface area (Å²) in [5.74, 6) is 0.392. The van der Waals surface area contributed by atoms with Crippen LogP contribution in [0.1, 0.15) is 32.1 Å².